The van der Waals surface area contributed by atoms with Gasteiger partial charge >= 0.3 is 0 Å². The number of hydrogen-bond acceptors (Lipinski definition) is 5. The number of para-hydroxylation sites is 1. The summed E-state index contributed by atoms with van der Waals surface area (Å²) in [4.78, 5) is 23.3. The third kappa shape index (κ3) is 3.43. The number of thioether (sulfide) groups is 1. The number of carbonyl (C=O) groups excluding carboxylic acids is 1. The SMILES string of the molecule is CCC(Sc1nc2ncccc2o1)C(=O)N(CC)c1ccccc1. The highest BCUT2D eigenvalue weighted by atomic mass is 32.2. The summed E-state index contributed by atoms with van der Waals surface area (Å²) in [6, 6.07) is 13.3. The molecule has 3 rings (SSSR count). The van der Waals surface area contributed by atoms with Crippen LogP contribution < -0.4 is 4.90 Å². The smallest absolute Gasteiger partial charge is 0.259 e. The molecule has 0 spiro atoms. The van der Waals surface area contributed by atoms with Crippen LogP contribution in [0.2, 0.25) is 0 Å². The van der Waals surface area contributed by atoms with Crippen LogP contribution in [0.25, 0.3) is 11.2 Å². The molecule has 0 saturated carbocycles. The van der Waals surface area contributed by atoms with Crippen LogP contribution in [-0.4, -0.2) is 27.7 Å². The number of aromatic nitrogens is 2. The maximum Gasteiger partial charge on any atom is 0.259 e. The molecule has 2 aromatic heterocycles. The number of rotatable bonds is 6. The minimum Gasteiger partial charge on any atom is -0.430 e. The first kappa shape index (κ1) is 16.5. The minimum atomic E-state index is -0.252. The summed E-state index contributed by atoms with van der Waals surface area (Å²) >= 11 is 1.35. The predicted molar refractivity (Wildman–Crippen MR) is 96.2 cm³/mol. The minimum absolute atomic E-state index is 0.0615. The lowest BCUT2D eigenvalue weighted by Gasteiger charge is -2.24. The molecule has 0 aliphatic carbocycles. The summed E-state index contributed by atoms with van der Waals surface area (Å²) in [7, 11) is 0. The third-order valence-electron chi connectivity index (χ3n) is 3.68. The fourth-order valence-corrected chi connectivity index (χ4v) is 3.39. The van der Waals surface area contributed by atoms with E-state index in [4.69, 9.17) is 4.42 Å². The van der Waals surface area contributed by atoms with E-state index in [9.17, 15) is 4.79 Å². The number of carbonyl (C=O) groups is 1. The van der Waals surface area contributed by atoms with Gasteiger partial charge in [-0.1, -0.05) is 36.9 Å². The first-order valence-corrected chi connectivity index (χ1v) is 8.85. The summed E-state index contributed by atoms with van der Waals surface area (Å²) < 4.78 is 5.69. The van der Waals surface area contributed by atoms with E-state index in [2.05, 4.69) is 9.97 Å². The quantitative estimate of drug-likeness (QED) is 0.631. The molecule has 1 amide bonds. The van der Waals surface area contributed by atoms with Gasteiger partial charge in [-0.25, -0.2) is 4.98 Å². The highest BCUT2D eigenvalue weighted by Gasteiger charge is 2.26. The molecule has 0 N–H and O–H groups in total. The Labute approximate surface area is 145 Å². The molecule has 6 heteroatoms. The summed E-state index contributed by atoms with van der Waals surface area (Å²) in [5, 5.41) is 0.228. The zero-order valence-electron chi connectivity index (χ0n) is 13.7. The second-order valence-corrected chi connectivity index (χ2v) is 6.39. The van der Waals surface area contributed by atoms with E-state index in [1.807, 2.05) is 50.2 Å². The Bertz CT molecular complexity index is 786. The van der Waals surface area contributed by atoms with E-state index >= 15 is 0 Å². The standard InChI is InChI=1S/C18H19N3O2S/c1-3-15(17(22)21(4-2)13-9-6-5-7-10-13)24-18-20-16-14(23-18)11-8-12-19-16/h5-12,15H,3-4H2,1-2H3. The third-order valence-corrected chi connectivity index (χ3v) is 4.88. The molecule has 0 saturated heterocycles. The molecule has 0 aliphatic rings. The predicted octanol–water partition coefficient (Wildman–Crippen LogP) is 4.15. The second kappa shape index (κ2) is 7.49. The van der Waals surface area contributed by atoms with Crippen molar-refractivity contribution in [2.75, 3.05) is 11.4 Å². The van der Waals surface area contributed by atoms with E-state index < -0.39 is 0 Å². The lowest BCUT2D eigenvalue weighted by atomic mass is 10.2. The van der Waals surface area contributed by atoms with Crippen molar-refractivity contribution in [1.29, 1.82) is 0 Å². The molecule has 1 unspecified atom stereocenters. The molecule has 5 nitrogen and oxygen atoms in total. The van der Waals surface area contributed by atoms with Gasteiger partial charge in [-0.3, -0.25) is 4.79 Å². The molecule has 124 valence electrons. The van der Waals surface area contributed by atoms with Gasteiger partial charge in [0.2, 0.25) is 5.91 Å². The fourth-order valence-electron chi connectivity index (χ4n) is 2.48. The highest BCUT2D eigenvalue weighted by molar-refractivity contribution is 8.00. The Morgan fingerprint density at radius 1 is 1.21 bits per heavy atom. The Hall–Kier alpha value is -2.34. The first-order chi connectivity index (χ1) is 11.7. The molecular formula is C18H19N3O2S. The van der Waals surface area contributed by atoms with E-state index in [1.165, 1.54) is 11.8 Å². The van der Waals surface area contributed by atoms with Gasteiger partial charge in [0.05, 0.1) is 5.25 Å². The number of anilines is 1. The van der Waals surface area contributed by atoms with E-state index in [0.29, 0.717) is 29.4 Å². The van der Waals surface area contributed by atoms with Crippen molar-refractivity contribution in [3.8, 4) is 0 Å². The van der Waals surface area contributed by atoms with Crippen LogP contribution in [0.4, 0.5) is 5.69 Å². The highest BCUT2D eigenvalue weighted by Crippen LogP contribution is 2.29. The van der Waals surface area contributed by atoms with Crippen LogP contribution in [-0.2, 0) is 4.79 Å². The molecule has 3 aromatic rings. The van der Waals surface area contributed by atoms with Gasteiger partial charge < -0.3 is 9.32 Å². The van der Waals surface area contributed by atoms with Gasteiger partial charge in [-0.15, -0.1) is 0 Å². The van der Waals surface area contributed by atoms with Crippen molar-refractivity contribution in [2.24, 2.45) is 0 Å². The summed E-state index contributed by atoms with van der Waals surface area (Å²) in [6.45, 7) is 4.59. The van der Waals surface area contributed by atoms with Crippen molar-refractivity contribution in [1.82, 2.24) is 9.97 Å². The maximum atomic E-state index is 12.9. The first-order valence-electron chi connectivity index (χ1n) is 7.97. The van der Waals surface area contributed by atoms with Crippen LogP contribution in [0, 0.1) is 0 Å². The molecule has 24 heavy (non-hydrogen) atoms. The zero-order valence-corrected chi connectivity index (χ0v) is 14.5. The van der Waals surface area contributed by atoms with Crippen molar-refractivity contribution >= 4 is 34.6 Å². The Morgan fingerprint density at radius 2 is 2.00 bits per heavy atom. The van der Waals surface area contributed by atoms with Gasteiger partial charge in [0.1, 0.15) is 0 Å². The van der Waals surface area contributed by atoms with Crippen molar-refractivity contribution in [2.45, 2.75) is 30.7 Å². The molecule has 0 aliphatic heterocycles. The summed E-state index contributed by atoms with van der Waals surface area (Å²) in [6.07, 6.45) is 2.37. The van der Waals surface area contributed by atoms with Crippen LogP contribution in [0.1, 0.15) is 20.3 Å². The topological polar surface area (TPSA) is 59.2 Å². The van der Waals surface area contributed by atoms with E-state index in [1.54, 1.807) is 17.2 Å². The zero-order chi connectivity index (χ0) is 16.9. The molecular weight excluding hydrogens is 322 g/mol. The number of amides is 1. The lowest BCUT2D eigenvalue weighted by Crippen LogP contribution is -2.37. The average molecular weight is 341 g/mol. The number of benzene rings is 1. The van der Waals surface area contributed by atoms with Crippen molar-refractivity contribution < 1.29 is 9.21 Å². The number of nitrogens with zero attached hydrogens (tertiary/aromatic N) is 3. The number of hydrogen-bond donors (Lipinski definition) is 0. The van der Waals surface area contributed by atoms with Crippen molar-refractivity contribution in [3.63, 3.8) is 0 Å². The second-order valence-electron chi connectivity index (χ2n) is 5.24. The molecule has 0 radical (unpaired) electrons. The largest absolute Gasteiger partial charge is 0.430 e. The monoisotopic (exact) mass is 341 g/mol. The number of fused-ring (bicyclic) bond motifs is 1. The van der Waals surface area contributed by atoms with E-state index in [0.717, 1.165) is 5.69 Å². The average Bonchev–Trinajstić information content (AvgIpc) is 3.03. The molecule has 1 atom stereocenters. The number of oxazole rings is 1. The number of pyridine rings is 1. The Kier molecular flexibility index (Phi) is 5.15. The molecule has 2 heterocycles. The van der Waals surface area contributed by atoms with Crippen LogP contribution in [0.5, 0.6) is 0 Å². The van der Waals surface area contributed by atoms with E-state index in [-0.39, 0.29) is 11.2 Å². The molecule has 0 fully saturated rings. The van der Waals surface area contributed by atoms with Gasteiger partial charge in [0.25, 0.3) is 5.22 Å². The van der Waals surface area contributed by atoms with Crippen LogP contribution >= 0.6 is 11.8 Å². The van der Waals surface area contributed by atoms with Crippen LogP contribution in [0.15, 0.2) is 58.3 Å². The lowest BCUT2D eigenvalue weighted by molar-refractivity contribution is -0.118. The fraction of sp³-hybridized carbons (Fsp3) is 0.278. The Balaban J connectivity index is 1.80. The van der Waals surface area contributed by atoms with Gasteiger partial charge in [0.15, 0.2) is 11.2 Å². The van der Waals surface area contributed by atoms with Crippen LogP contribution in [0.3, 0.4) is 0 Å². The van der Waals surface area contributed by atoms with Gasteiger partial charge in [0, 0.05) is 18.4 Å². The Morgan fingerprint density at radius 3 is 2.67 bits per heavy atom. The molecule has 0 bridgehead atoms. The van der Waals surface area contributed by atoms with Gasteiger partial charge in [-0.2, -0.15) is 4.98 Å². The summed E-state index contributed by atoms with van der Waals surface area (Å²) in [5.41, 5.74) is 2.11. The summed E-state index contributed by atoms with van der Waals surface area (Å²) in [5.74, 6) is 0.0615. The normalized spacial score (nSPS) is 12.2. The van der Waals surface area contributed by atoms with Crippen molar-refractivity contribution in [3.05, 3.63) is 48.7 Å². The maximum absolute atomic E-state index is 12.9. The van der Waals surface area contributed by atoms with Gasteiger partial charge in [-0.05, 0) is 37.6 Å². The molecule has 1 aromatic carbocycles.